The van der Waals surface area contributed by atoms with Crippen LogP contribution >= 0.6 is 0 Å². The highest BCUT2D eigenvalue weighted by Crippen LogP contribution is 2.29. The van der Waals surface area contributed by atoms with Crippen LogP contribution in [0.25, 0.3) is 0 Å². The van der Waals surface area contributed by atoms with Crippen LogP contribution in [0.1, 0.15) is 25.7 Å². The summed E-state index contributed by atoms with van der Waals surface area (Å²) in [5.74, 6) is 0. The molecule has 12 heavy (non-hydrogen) atoms. The maximum absolute atomic E-state index is 10.8. The van der Waals surface area contributed by atoms with Gasteiger partial charge in [0.25, 0.3) is 0 Å². The van der Waals surface area contributed by atoms with Crippen molar-refractivity contribution < 1.29 is 9.53 Å². The largest absolute Gasteiger partial charge is 0.381 e. The summed E-state index contributed by atoms with van der Waals surface area (Å²) in [5.41, 5.74) is 0. The maximum atomic E-state index is 10.8. The first-order chi connectivity index (χ1) is 5.92. The first-order valence-electron chi connectivity index (χ1n) is 4.72. The van der Waals surface area contributed by atoms with Gasteiger partial charge < -0.3 is 9.64 Å². The Kier molecular flexibility index (Phi) is 2.30. The minimum absolute atomic E-state index is 0.462. The highest BCUT2D eigenvalue weighted by molar-refractivity contribution is 5.49. The van der Waals surface area contributed by atoms with Crippen molar-refractivity contribution in [2.24, 2.45) is 0 Å². The molecule has 0 unspecified atom stereocenters. The molecular formula is C9H15NO2. The highest BCUT2D eigenvalue weighted by atomic mass is 16.5. The Morgan fingerprint density at radius 1 is 1.08 bits per heavy atom. The van der Waals surface area contributed by atoms with E-state index < -0.39 is 0 Å². The zero-order valence-electron chi connectivity index (χ0n) is 7.24. The molecule has 0 aromatic carbocycles. The molecule has 1 aliphatic carbocycles. The Labute approximate surface area is 72.7 Å². The average molecular weight is 169 g/mol. The van der Waals surface area contributed by atoms with Crippen LogP contribution in [0, 0.1) is 0 Å². The zero-order valence-corrected chi connectivity index (χ0v) is 7.24. The summed E-state index contributed by atoms with van der Waals surface area (Å²) < 4.78 is 5.25. The van der Waals surface area contributed by atoms with Gasteiger partial charge in [0.1, 0.15) is 0 Å². The van der Waals surface area contributed by atoms with E-state index in [9.17, 15) is 4.79 Å². The molecule has 0 bridgehead atoms. The SMILES string of the molecule is O=CN(C1CCOCC1)C1CC1. The van der Waals surface area contributed by atoms with Gasteiger partial charge >= 0.3 is 0 Å². The molecule has 68 valence electrons. The lowest BCUT2D eigenvalue weighted by atomic mass is 10.1. The third-order valence-electron chi connectivity index (χ3n) is 2.70. The van der Waals surface area contributed by atoms with E-state index in [1.165, 1.54) is 12.8 Å². The first-order valence-corrected chi connectivity index (χ1v) is 4.72. The van der Waals surface area contributed by atoms with Crippen molar-refractivity contribution >= 4 is 6.41 Å². The number of hydrogen-bond acceptors (Lipinski definition) is 2. The molecule has 2 aliphatic rings. The van der Waals surface area contributed by atoms with Gasteiger partial charge in [0.05, 0.1) is 0 Å². The van der Waals surface area contributed by atoms with Crippen molar-refractivity contribution in [3.05, 3.63) is 0 Å². The van der Waals surface area contributed by atoms with Gasteiger partial charge in [0, 0.05) is 25.3 Å². The molecule has 2 fully saturated rings. The fraction of sp³-hybridized carbons (Fsp3) is 0.889. The number of rotatable bonds is 3. The molecule has 0 atom stereocenters. The number of ether oxygens (including phenoxy) is 1. The molecule has 1 saturated carbocycles. The summed E-state index contributed by atoms with van der Waals surface area (Å²) in [7, 11) is 0. The molecule has 1 aliphatic heterocycles. The summed E-state index contributed by atoms with van der Waals surface area (Å²) in [6, 6.07) is 1.02. The van der Waals surface area contributed by atoms with Gasteiger partial charge in [-0.25, -0.2) is 0 Å². The Hall–Kier alpha value is -0.570. The highest BCUT2D eigenvalue weighted by Gasteiger charge is 2.33. The molecule has 1 saturated heterocycles. The van der Waals surface area contributed by atoms with Gasteiger partial charge in [0.15, 0.2) is 0 Å². The molecule has 3 heteroatoms. The van der Waals surface area contributed by atoms with E-state index in [4.69, 9.17) is 4.74 Å². The van der Waals surface area contributed by atoms with E-state index in [0.29, 0.717) is 12.1 Å². The van der Waals surface area contributed by atoms with Crippen molar-refractivity contribution in [1.82, 2.24) is 4.90 Å². The Morgan fingerprint density at radius 3 is 2.17 bits per heavy atom. The van der Waals surface area contributed by atoms with Crippen LogP contribution in [0.3, 0.4) is 0 Å². The van der Waals surface area contributed by atoms with Crippen LogP contribution in [0.4, 0.5) is 0 Å². The van der Waals surface area contributed by atoms with Gasteiger partial charge in [-0.15, -0.1) is 0 Å². The second-order valence-electron chi connectivity index (χ2n) is 3.63. The summed E-state index contributed by atoms with van der Waals surface area (Å²) in [6.07, 6.45) is 5.48. The Morgan fingerprint density at radius 2 is 1.67 bits per heavy atom. The monoisotopic (exact) mass is 169 g/mol. The quantitative estimate of drug-likeness (QED) is 0.584. The van der Waals surface area contributed by atoms with Crippen molar-refractivity contribution in [2.75, 3.05) is 13.2 Å². The summed E-state index contributed by atoms with van der Waals surface area (Å²) >= 11 is 0. The number of nitrogens with zero attached hydrogens (tertiary/aromatic N) is 1. The number of carbonyl (C=O) groups excluding carboxylic acids is 1. The van der Waals surface area contributed by atoms with E-state index in [2.05, 4.69) is 0 Å². The van der Waals surface area contributed by atoms with Gasteiger partial charge in [-0.05, 0) is 25.7 Å². The van der Waals surface area contributed by atoms with Gasteiger partial charge in [-0.2, -0.15) is 0 Å². The van der Waals surface area contributed by atoms with Crippen LogP contribution in [0.2, 0.25) is 0 Å². The van der Waals surface area contributed by atoms with E-state index >= 15 is 0 Å². The van der Waals surface area contributed by atoms with Crippen molar-refractivity contribution in [3.8, 4) is 0 Å². The summed E-state index contributed by atoms with van der Waals surface area (Å²) in [4.78, 5) is 12.8. The van der Waals surface area contributed by atoms with Crippen LogP contribution in [-0.2, 0) is 9.53 Å². The van der Waals surface area contributed by atoms with E-state index in [0.717, 1.165) is 32.5 Å². The molecule has 0 radical (unpaired) electrons. The first kappa shape index (κ1) is 8.05. The minimum Gasteiger partial charge on any atom is -0.381 e. The zero-order chi connectivity index (χ0) is 8.39. The molecule has 3 nitrogen and oxygen atoms in total. The molecule has 0 spiro atoms. The molecule has 1 amide bonds. The molecule has 2 rings (SSSR count). The van der Waals surface area contributed by atoms with Gasteiger partial charge in [-0.1, -0.05) is 0 Å². The lowest BCUT2D eigenvalue weighted by Crippen LogP contribution is -2.39. The summed E-state index contributed by atoms with van der Waals surface area (Å²) in [6.45, 7) is 1.64. The van der Waals surface area contributed by atoms with Gasteiger partial charge in [0.2, 0.25) is 6.41 Å². The number of amides is 1. The number of carbonyl (C=O) groups is 1. The van der Waals surface area contributed by atoms with E-state index in [-0.39, 0.29) is 0 Å². The fourth-order valence-electron chi connectivity index (χ4n) is 1.83. The fourth-order valence-corrected chi connectivity index (χ4v) is 1.83. The third kappa shape index (κ3) is 1.61. The Balaban J connectivity index is 1.89. The molecular weight excluding hydrogens is 154 g/mol. The lowest BCUT2D eigenvalue weighted by Gasteiger charge is -2.31. The van der Waals surface area contributed by atoms with Crippen molar-refractivity contribution in [1.29, 1.82) is 0 Å². The van der Waals surface area contributed by atoms with Gasteiger partial charge in [-0.3, -0.25) is 4.79 Å². The normalized spacial score (nSPS) is 25.3. The predicted molar refractivity (Wildman–Crippen MR) is 44.8 cm³/mol. The molecule has 1 heterocycles. The second-order valence-corrected chi connectivity index (χ2v) is 3.63. The second kappa shape index (κ2) is 3.44. The number of hydrogen-bond donors (Lipinski definition) is 0. The third-order valence-corrected chi connectivity index (χ3v) is 2.70. The van der Waals surface area contributed by atoms with Crippen LogP contribution in [0.5, 0.6) is 0 Å². The van der Waals surface area contributed by atoms with Crippen molar-refractivity contribution in [3.63, 3.8) is 0 Å². The lowest BCUT2D eigenvalue weighted by molar-refractivity contribution is -0.122. The Bertz CT molecular complexity index is 162. The van der Waals surface area contributed by atoms with E-state index in [1.807, 2.05) is 4.90 Å². The van der Waals surface area contributed by atoms with Crippen LogP contribution < -0.4 is 0 Å². The van der Waals surface area contributed by atoms with Crippen molar-refractivity contribution in [2.45, 2.75) is 37.8 Å². The smallest absolute Gasteiger partial charge is 0.210 e. The van der Waals surface area contributed by atoms with Crippen LogP contribution in [0.15, 0.2) is 0 Å². The maximum Gasteiger partial charge on any atom is 0.210 e. The minimum atomic E-state index is 0.462. The predicted octanol–water partition coefficient (Wildman–Crippen LogP) is 0.786. The van der Waals surface area contributed by atoms with Crippen LogP contribution in [-0.4, -0.2) is 36.6 Å². The molecule has 0 aromatic rings. The van der Waals surface area contributed by atoms with E-state index in [1.54, 1.807) is 0 Å². The standard InChI is InChI=1S/C9H15NO2/c11-7-10(8-1-2-8)9-3-5-12-6-4-9/h7-9H,1-6H2. The summed E-state index contributed by atoms with van der Waals surface area (Å²) in [5, 5.41) is 0. The topological polar surface area (TPSA) is 29.5 Å². The average Bonchev–Trinajstić information content (AvgIpc) is 2.92. The molecule has 0 aromatic heterocycles. The molecule has 0 N–H and O–H groups in total.